The van der Waals surface area contributed by atoms with Gasteiger partial charge < -0.3 is 26.4 Å². The lowest BCUT2D eigenvalue weighted by molar-refractivity contribution is 0.0419. The number of rotatable bonds is 9. The summed E-state index contributed by atoms with van der Waals surface area (Å²) in [6.45, 7) is 13.9. The number of hydrogen-bond donors (Lipinski definition) is 6. The van der Waals surface area contributed by atoms with Crippen molar-refractivity contribution in [3.63, 3.8) is 0 Å². The number of carbonyl (C=O) groups is 3. The molecule has 8 aliphatic carbocycles. The largest absolute Gasteiger partial charge is 0.444 e. The molecule has 2 aromatic rings. The molecular weight excluding hydrogens is 889 g/mol. The number of hydrogen-bond acceptors (Lipinski definition) is 9. The van der Waals surface area contributed by atoms with Crippen molar-refractivity contribution in [2.75, 3.05) is 22.1 Å². The highest BCUT2D eigenvalue weighted by Gasteiger charge is 2.66. The third kappa shape index (κ3) is 8.65. The molecule has 4 unspecified atom stereocenters. The number of benzene rings is 2. The second-order valence-corrected chi connectivity index (χ2v) is 27.0. The number of sulfonamides is 2. The van der Waals surface area contributed by atoms with E-state index >= 15 is 0 Å². The topological polar surface area (TPSA) is 215 Å². The van der Waals surface area contributed by atoms with E-state index in [-0.39, 0.29) is 34.4 Å². The highest BCUT2D eigenvalue weighted by atomic mass is 32.2. The number of aryl methyl sites for hydroxylation is 4. The van der Waals surface area contributed by atoms with Crippen LogP contribution in [0.15, 0.2) is 12.1 Å². The molecule has 14 nitrogen and oxygen atoms in total. The minimum absolute atomic E-state index is 0.0803. The van der Waals surface area contributed by atoms with E-state index in [4.69, 9.17) is 10.5 Å². The highest BCUT2D eigenvalue weighted by molar-refractivity contribution is 7.90. The molecule has 0 saturated heterocycles. The Morgan fingerprint density at radius 1 is 0.627 bits per heavy atom. The molecule has 4 saturated carbocycles. The van der Waals surface area contributed by atoms with Crippen molar-refractivity contribution in [1.82, 2.24) is 14.8 Å². The number of carbonyl (C=O) groups excluding carboxylic acids is 3. The third-order valence-corrected chi connectivity index (χ3v) is 21.2. The smallest absolute Gasteiger partial charge is 0.407 e. The van der Waals surface area contributed by atoms with Crippen LogP contribution in [0.2, 0.25) is 0 Å². The summed E-state index contributed by atoms with van der Waals surface area (Å²) in [5.74, 6) is 0.461. The van der Waals surface area contributed by atoms with Gasteiger partial charge in [-0.1, -0.05) is 39.8 Å². The van der Waals surface area contributed by atoms with Crippen LogP contribution in [0.25, 0.3) is 0 Å². The summed E-state index contributed by atoms with van der Waals surface area (Å²) >= 11 is 0. The van der Waals surface area contributed by atoms with Crippen LogP contribution in [0, 0.1) is 33.5 Å². The van der Waals surface area contributed by atoms with Gasteiger partial charge in [0.15, 0.2) is 0 Å². The van der Waals surface area contributed by atoms with Crippen LogP contribution in [0.5, 0.6) is 0 Å². The van der Waals surface area contributed by atoms with Gasteiger partial charge in [0.25, 0.3) is 0 Å². The Kier molecular flexibility index (Phi) is 12.2. The van der Waals surface area contributed by atoms with Gasteiger partial charge in [0.2, 0.25) is 20.0 Å². The SMILES string of the molecule is CC(C)(C)OC(=O)NC1CC2CC[C@]1(CS(=O)(=O)NC(=O)Nc1c3c(cc4c1CCC4)CCC3)C2(C)C.CC1(C)C2CC[C@@]1(CS(=O)(=O)NC(=O)Nc1c3c(cc4c1CCC4)CCC3)C(N)C2. The Hall–Kier alpha value is -3.89. The summed E-state index contributed by atoms with van der Waals surface area (Å²) in [4.78, 5) is 38.5. The van der Waals surface area contributed by atoms with Crippen LogP contribution in [0.1, 0.15) is 157 Å². The number of ether oxygens (including phenoxy) is 1. The summed E-state index contributed by atoms with van der Waals surface area (Å²) in [5, 5.41) is 8.85. The van der Waals surface area contributed by atoms with Gasteiger partial charge in [-0.25, -0.2) is 40.7 Å². The second kappa shape index (κ2) is 16.9. The van der Waals surface area contributed by atoms with Crippen LogP contribution < -0.4 is 31.1 Å². The molecule has 4 fully saturated rings. The van der Waals surface area contributed by atoms with Crippen LogP contribution in [-0.4, -0.2) is 64.2 Å². The maximum absolute atomic E-state index is 13.5. The predicted molar refractivity (Wildman–Crippen MR) is 261 cm³/mol. The first-order valence-electron chi connectivity index (χ1n) is 25.0. The molecule has 0 radical (unpaired) electrons. The van der Waals surface area contributed by atoms with Gasteiger partial charge in [0, 0.05) is 34.3 Å². The van der Waals surface area contributed by atoms with E-state index in [1.807, 2.05) is 0 Å². The van der Waals surface area contributed by atoms with Crippen molar-refractivity contribution in [2.24, 2.45) is 39.2 Å². The molecule has 368 valence electrons. The zero-order valence-electron chi connectivity index (χ0n) is 40.8. The maximum atomic E-state index is 13.5. The molecule has 4 bridgehead atoms. The van der Waals surface area contributed by atoms with E-state index in [1.54, 1.807) is 20.8 Å². The Labute approximate surface area is 398 Å². The predicted octanol–water partition coefficient (Wildman–Crippen LogP) is 8.10. The Balaban J connectivity index is 0.000000171. The van der Waals surface area contributed by atoms with E-state index in [0.29, 0.717) is 24.7 Å². The Morgan fingerprint density at radius 3 is 1.39 bits per heavy atom. The van der Waals surface area contributed by atoms with Crippen molar-refractivity contribution in [1.29, 1.82) is 0 Å². The number of fused-ring (bicyclic) bond motifs is 8. The lowest BCUT2D eigenvalue weighted by Gasteiger charge is -2.42. The van der Waals surface area contributed by atoms with Crippen molar-refractivity contribution < 1.29 is 36.0 Å². The van der Waals surface area contributed by atoms with Gasteiger partial charge in [0.1, 0.15) is 5.60 Å². The first-order valence-corrected chi connectivity index (χ1v) is 28.4. The fourth-order valence-electron chi connectivity index (χ4n) is 14.8. The molecule has 0 aliphatic heterocycles. The monoisotopic (exact) mass is 963 g/mol. The summed E-state index contributed by atoms with van der Waals surface area (Å²) in [6, 6.07) is 2.76. The fourth-order valence-corrected chi connectivity index (χ4v) is 18.4. The van der Waals surface area contributed by atoms with Gasteiger partial charge in [-0.15, -0.1) is 0 Å². The highest BCUT2D eigenvalue weighted by Crippen LogP contribution is 2.67. The third-order valence-electron chi connectivity index (χ3n) is 18.4. The lowest BCUT2D eigenvalue weighted by atomic mass is 9.69. The van der Waals surface area contributed by atoms with Crippen molar-refractivity contribution in [2.45, 2.75) is 182 Å². The van der Waals surface area contributed by atoms with E-state index < -0.39 is 54.6 Å². The number of nitrogens with one attached hydrogen (secondary N) is 5. The molecule has 0 spiro atoms. The molecule has 0 aromatic heterocycles. The molecule has 0 heterocycles. The van der Waals surface area contributed by atoms with Gasteiger partial charge in [-0.05, 0) is 204 Å². The molecule has 10 rings (SSSR count). The molecule has 8 aliphatic rings. The first-order chi connectivity index (χ1) is 31.3. The fraction of sp³-hybridized carbons (Fsp3) is 0.706. The van der Waals surface area contributed by atoms with E-state index in [1.165, 1.54) is 33.4 Å². The normalized spacial score (nSPS) is 29.0. The van der Waals surface area contributed by atoms with Crippen LogP contribution in [-0.2, 0) is 76.2 Å². The van der Waals surface area contributed by atoms with Crippen LogP contribution in [0.4, 0.5) is 25.8 Å². The summed E-state index contributed by atoms with van der Waals surface area (Å²) in [6.07, 6.45) is 16.5. The number of amides is 5. The number of alkyl carbamates (subject to hydrolysis) is 1. The average Bonchev–Trinajstić information content (AvgIpc) is 4.09. The summed E-state index contributed by atoms with van der Waals surface area (Å²) in [5.41, 5.74) is 15.8. The van der Waals surface area contributed by atoms with Crippen molar-refractivity contribution in [3.8, 4) is 0 Å². The van der Waals surface area contributed by atoms with Gasteiger partial charge in [0.05, 0.1) is 11.5 Å². The average molecular weight is 963 g/mol. The number of anilines is 2. The lowest BCUT2D eigenvalue weighted by Crippen LogP contribution is -2.54. The molecule has 67 heavy (non-hydrogen) atoms. The summed E-state index contributed by atoms with van der Waals surface area (Å²) in [7, 11) is -7.79. The minimum Gasteiger partial charge on any atom is -0.444 e. The number of nitrogens with two attached hydrogens (primary N) is 1. The molecule has 6 atom stereocenters. The second-order valence-electron chi connectivity index (χ2n) is 23.6. The zero-order valence-corrected chi connectivity index (χ0v) is 42.4. The van der Waals surface area contributed by atoms with Crippen molar-refractivity contribution >= 4 is 49.6 Å². The molecule has 16 heteroatoms. The van der Waals surface area contributed by atoms with Crippen LogP contribution >= 0.6 is 0 Å². The molecular formula is C51H74N6O8S2. The van der Waals surface area contributed by atoms with Crippen molar-refractivity contribution in [3.05, 3.63) is 56.6 Å². The van der Waals surface area contributed by atoms with Gasteiger partial charge in [-0.2, -0.15) is 0 Å². The zero-order chi connectivity index (χ0) is 48.1. The van der Waals surface area contributed by atoms with E-state index in [9.17, 15) is 31.2 Å². The van der Waals surface area contributed by atoms with E-state index in [2.05, 4.69) is 65.2 Å². The first kappa shape index (κ1) is 48.1. The summed E-state index contributed by atoms with van der Waals surface area (Å²) < 4.78 is 63.1. The van der Waals surface area contributed by atoms with Gasteiger partial charge >= 0.3 is 18.2 Å². The Morgan fingerprint density at radius 2 is 1.01 bits per heavy atom. The molecule has 2 aromatic carbocycles. The van der Waals surface area contributed by atoms with Crippen LogP contribution in [0.3, 0.4) is 0 Å². The standard InChI is InChI=1S/C28H41N3O5S.C23H33N3O3S/c1-26(2,3)36-25(33)29-22-15-19-12-13-28(22,27(19,4)5)16-37(34,35)31-24(32)30-23-20-10-6-8-17(20)14-18-9-7-11-21(18)23;1-22(2)16-9-10-23(22,19(24)12-16)13-30(28,29)26-21(27)25-20-17-7-3-5-14(17)11-15-6-4-8-18(15)20/h14,19,22H,6-13,15-16H2,1-5H3,(H,29,33)(H2,30,31,32);11,16,19H,3-10,12-13,24H2,1-2H3,(H2,25,26,27)/t19?,22?,28-;16?,19?,23-/m11/s1. The molecule has 7 N–H and O–H groups in total. The van der Waals surface area contributed by atoms with E-state index in [0.717, 1.165) is 125 Å². The number of urea groups is 2. The maximum Gasteiger partial charge on any atom is 0.407 e. The quantitative estimate of drug-likeness (QED) is 0.143. The minimum atomic E-state index is -3.99. The Bertz CT molecular complexity index is 2540. The molecule has 5 amide bonds. The van der Waals surface area contributed by atoms with Gasteiger partial charge in [-0.3, -0.25) is 0 Å².